The molecule has 10 nitrogen and oxygen atoms in total. The minimum absolute atomic E-state index is 0.116. The van der Waals surface area contributed by atoms with Gasteiger partial charge >= 0.3 is 11.7 Å². The van der Waals surface area contributed by atoms with Gasteiger partial charge in [0.25, 0.3) is 5.56 Å². The fourth-order valence-electron chi connectivity index (χ4n) is 4.32. The number of carbonyl (C=O) groups excluding carboxylic acids is 1. The molecule has 0 fully saturated rings. The third-order valence-electron chi connectivity index (χ3n) is 6.20. The summed E-state index contributed by atoms with van der Waals surface area (Å²) >= 11 is 0. The molecule has 4 aromatic rings. The number of benzene rings is 1. The zero-order valence-corrected chi connectivity index (χ0v) is 22.3. The second-order valence-corrected chi connectivity index (χ2v) is 9.71. The van der Waals surface area contributed by atoms with Crippen LogP contribution in [0.5, 0.6) is 5.75 Å². The highest BCUT2D eigenvalue weighted by atomic mass is 16.5. The molecule has 3 heterocycles. The second-order valence-electron chi connectivity index (χ2n) is 9.71. The predicted octanol–water partition coefficient (Wildman–Crippen LogP) is 3.55. The number of hydrogen-bond donors (Lipinski definition) is 0. The quantitative estimate of drug-likeness (QED) is 0.218. The molecule has 10 heteroatoms. The number of aromatic nitrogens is 5. The average molecular weight is 520 g/mol. The first-order valence-corrected chi connectivity index (χ1v) is 12.9. The summed E-state index contributed by atoms with van der Waals surface area (Å²) in [6, 6.07) is 9.50. The van der Waals surface area contributed by atoms with E-state index >= 15 is 0 Å². The molecule has 0 radical (unpaired) electrons. The number of ether oxygens (including phenoxy) is 2. The molecule has 0 amide bonds. The Labute approximate surface area is 220 Å². The molecule has 0 atom stereocenters. The topological polar surface area (TPSA) is 118 Å². The van der Waals surface area contributed by atoms with Crippen LogP contribution < -0.4 is 16.0 Å². The van der Waals surface area contributed by atoms with Crippen molar-refractivity contribution in [2.45, 2.75) is 59.6 Å². The molecule has 0 spiro atoms. The van der Waals surface area contributed by atoms with E-state index in [1.807, 2.05) is 38.1 Å². The van der Waals surface area contributed by atoms with Crippen molar-refractivity contribution < 1.29 is 14.3 Å². The maximum atomic E-state index is 13.0. The average Bonchev–Trinajstić information content (AvgIpc) is 2.90. The van der Waals surface area contributed by atoms with Gasteiger partial charge in [-0.05, 0) is 49.8 Å². The number of esters is 1. The number of aryl methyl sites for hydroxylation is 1. The standard InChI is InChI=1S/C28H33N5O5/c1-18(2)16-33-26-25(27(35)32(4)28(33)36)30-22(12-6-5-9-15-37-19(3)34)23(31-26)17-38-24-13-14-29-21-11-8-7-10-20(21)24/h7-8,10-11,13-14,18H,5-6,9,12,15-17H2,1-4H3. The van der Waals surface area contributed by atoms with Crippen molar-refractivity contribution in [2.75, 3.05) is 6.61 Å². The van der Waals surface area contributed by atoms with Crippen LogP contribution in [-0.2, 0) is 36.2 Å². The number of pyridine rings is 1. The lowest BCUT2D eigenvalue weighted by Gasteiger charge is -2.16. The van der Waals surface area contributed by atoms with E-state index in [9.17, 15) is 14.4 Å². The van der Waals surface area contributed by atoms with Gasteiger partial charge < -0.3 is 9.47 Å². The van der Waals surface area contributed by atoms with Crippen LogP contribution in [0.15, 0.2) is 46.1 Å². The van der Waals surface area contributed by atoms with E-state index < -0.39 is 11.2 Å². The molecule has 0 unspecified atom stereocenters. The second kappa shape index (κ2) is 12.0. The van der Waals surface area contributed by atoms with Crippen molar-refractivity contribution in [3.63, 3.8) is 0 Å². The maximum absolute atomic E-state index is 13.0. The lowest BCUT2D eigenvalue weighted by atomic mass is 10.1. The number of unbranched alkanes of at least 4 members (excludes halogenated alkanes) is 2. The molecule has 0 saturated heterocycles. The molecule has 0 aliphatic carbocycles. The van der Waals surface area contributed by atoms with Crippen LogP contribution in [0, 0.1) is 5.92 Å². The van der Waals surface area contributed by atoms with Gasteiger partial charge in [-0.2, -0.15) is 0 Å². The summed E-state index contributed by atoms with van der Waals surface area (Å²) in [5.74, 6) is 0.528. The zero-order valence-electron chi connectivity index (χ0n) is 22.3. The zero-order chi connectivity index (χ0) is 27.2. The van der Waals surface area contributed by atoms with Crippen LogP contribution >= 0.6 is 0 Å². The Balaban J connectivity index is 1.71. The molecule has 0 saturated carbocycles. The summed E-state index contributed by atoms with van der Waals surface area (Å²) in [6.07, 6.45) is 4.56. The van der Waals surface area contributed by atoms with Gasteiger partial charge in [-0.25, -0.2) is 14.8 Å². The van der Waals surface area contributed by atoms with Crippen LogP contribution in [0.25, 0.3) is 22.1 Å². The minimum Gasteiger partial charge on any atom is -0.486 e. The Kier molecular flexibility index (Phi) is 8.50. The van der Waals surface area contributed by atoms with Crippen molar-refractivity contribution >= 4 is 28.0 Å². The Hall–Kier alpha value is -4.08. The van der Waals surface area contributed by atoms with Crippen LogP contribution in [0.1, 0.15) is 51.4 Å². The SMILES string of the molecule is CC(=O)OCCCCCc1nc2c(=O)n(C)c(=O)n(CC(C)C)c2nc1COc1ccnc2ccccc12. The number of rotatable bonds is 11. The van der Waals surface area contributed by atoms with E-state index in [2.05, 4.69) is 4.98 Å². The molecular weight excluding hydrogens is 486 g/mol. The highest BCUT2D eigenvalue weighted by molar-refractivity contribution is 5.84. The van der Waals surface area contributed by atoms with E-state index in [1.54, 1.807) is 12.3 Å². The van der Waals surface area contributed by atoms with E-state index in [-0.39, 0.29) is 29.7 Å². The first-order valence-electron chi connectivity index (χ1n) is 12.9. The molecule has 4 rings (SSSR count). The van der Waals surface area contributed by atoms with Crippen LogP contribution in [0.4, 0.5) is 0 Å². The Morgan fingerprint density at radius 1 is 1.03 bits per heavy atom. The van der Waals surface area contributed by atoms with Crippen LogP contribution in [-0.4, -0.2) is 36.7 Å². The van der Waals surface area contributed by atoms with E-state index in [0.717, 1.165) is 34.7 Å². The lowest BCUT2D eigenvalue weighted by molar-refractivity contribution is -0.141. The van der Waals surface area contributed by atoms with Gasteiger partial charge in [0.05, 0.1) is 17.8 Å². The van der Waals surface area contributed by atoms with Crippen molar-refractivity contribution in [3.05, 3.63) is 68.8 Å². The van der Waals surface area contributed by atoms with Gasteiger partial charge in [0.2, 0.25) is 0 Å². The maximum Gasteiger partial charge on any atom is 0.332 e. The Morgan fingerprint density at radius 3 is 2.58 bits per heavy atom. The number of hydrogen-bond acceptors (Lipinski definition) is 8. The van der Waals surface area contributed by atoms with E-state index in [4.69, 9.17) is 19.4 Å². The third kappa shape index (κ3) is 6.07. The monoisotopic (exact) mass is 519 g/mol. The minimum atomic E-state index is -0.471. The summed E-state index contributed by atoms with van der Waals surface area (Å²) in [5, 5.41) is 0.876. The van der Waals surface area contributed by atoms with Crippen molar-refractivity contribution in [3.8, 4) is 5.75 Å². The molecule has 0 N–H and O–H groups in total. The highest BCUT2D eigenvalue weighted by Crippen LogP contribution is 2.25. The highest BCUT2D eigenvalue weighted by Gasteiger charge is 2.19. The van der Waals surface area contributed by atoms with Gasteiger partial charge in [-0.15, -0.1) is 0 Å². The lowest BCUT2D eigenvalue weighted by Crippen LogP contribution is -2.40. The molecule has 200 valence electrons. The molecule has 0 aliphatic rings. The molecule has 0 bridgehead atoms. The first kappa shape index (κ1) is 27.0. The summed E-state index contributed by atoms with van der Waals surface area (Å²) in [4.78, 5) is 50.9. The predicted molar refractivity (Wildman–Crippen MR) is 144 cm³/mol. The Bertz CT molecular complexity index is 1570. The van der Waals surface area contributed by atoms with Gasteiger partial charge in [0.15, 0.2) is 11.2 Å². The van der Waals surface area contributed by atoms with Crippen LogP contribution in [0.3, 0.4) is 0 Å². The van der Waals surface area contributed by atoms with Crippen LogP contribution in [0.2, 0.25) is 0 Å². The summed E-state index contributed by atoms with van der Waals surface area (Å²) in [7, 11) is 1.46. The van der Waals surface area contributed by atoms with Gasteiger partial charge in [-0.3, -0.25) is 23.7 Å². The number of para-hydroxylation sites is 1. The normalized spacial score (nSPS) is 11.4. The molecule has 38 heavy (non-hydrogen) atoms. The largest absolute Gasteiger partial charge is 0.486 e. The first-order chi connectivity index (χ1) is 18.3. The fraction of sp³-hybridized carbons (Fsp3) is 0.429. The number of carbonyl (C=O) groups is 1. The van der Waals surface area contributed by atoms with Crippen molar-refractivity contribution in [1.29, 1.82) is 0 Å². The van der Waals surface area contributed by atoms with Gasteiger partial charge in [0.1, 0.15) is 18.1 Å². The molecule has 3 aromatic heterocycles. The molecule has 1 aromatic carbocycles. The Morgan fingerprint density at radius 2 is 1.82 bits per heavy atom. The summed E-state index contributed by atoms with van der Waals surface area (Å²) in [6.45, 7) is 6.28. The van der Waals surface area contributed by atoms with Gasteiger partial charge in [0, 0.05) is 32.1 Å². The van der Waals surface area contributed by atoms with Gasteiger partial charge in [-0.1, -0.05) is 26.0 Å². The smallest absolute Gasteiger partial charge is 0.332 e. The molecule has 0 aliphatic heterocycles. The van der Waals surface area contributed by atoms with Crippen molar-refractivity contribution in [2.24, 2.45) is 13.0 Å². The number of fused-ring (bicyclic) bond motifs is 2. The number of nitrogens with zero attached hydrogens (tertiary/aromatic N) is 5. The summed E-state index contributed by atoms with van der Waals surface area (Å²) < 4.78 is 13.8. The van der Waals surface area contributed by atoms with E-state index in [1.165, 1.54) is 18.5 Å². The molecular formula is C28H33N5O5. The van der Waals surface area contributed by atoms with Crippen molar-refractivity contribution in [1.82, 2.24) is 24.1 Å². The summed E-state index contributed by atoms with van der Waals surface area (Å²) in [5.41, 5.74) is 1.58. The fourth-order valence-corrected chi connectivity index (χ4v) is 4.32. The van der Waals surface area contributed by atoms with E-state index in [0.29, 0.717) is 36.7 Å². The third-order valence-corrected chi connectivity index (χ3v) is 6.20.